The van der Waals surface area contributed by atoms with Crippen LogP contribution in [0.15, 0.2) is 48.5 Å². The Morgan fingerprint density at radius 1 is 1.15 bits per heavy atom. The molecular formula is C21H23FN2O2. The van der Waals surface area contributed by atoms with Crippen LogP contribution in [0.2, 0.25) is 0 Å². The maximum absolute atomic E-state index is 13.4. The molecule has 2 amide bonds. The van der Waals surface area contributed by atoms with Crippen LogP contribution < -0.4 is 5.32 Å². The summed E-state index contributed by atoms with van der Waals surface area (Å²) in [6.07, 6.45) is 0.727. The van der Waals surface area contributed by atoms with Crippen molar-refractivity contribution >= 4 is 17.5 Å². The van der Waals surface area contributed by atoms with Crippen LogP contribution in [-0.2, 0) is 9.59 Å². The monoisotopic (exact) mass is 354 g/mol. The smallest absolute Gasteiger partial charge is 0.313 e. The Bertz CT molecular complexity index is 819. The number of likely N-dealkylation sites (tertiary alicyclic amines) is 1. The maximum atomic E-state index is 13.4. The molecule has 0 aliphatic carbocycles. The lowest BCUT2D eigenvalue weighted by atomic mass is 9.98. The van der Waals surface area contributed by atoms with Crippen LogP contribution in [0.4, 0.5) is 10.1 Å². The van der Waals surface area contributed by atoms with E-state index in [1.54, 1.807) is 12.1 Å². The van der Waals surface area contributed by atoms with Crippen molar-refractivity contribution in [2.45, 2.75) is 32.1 Å². The minimum atomic E-state index is -0.634. The van der Waals surface area contributed by atoms with Gasteiger partial charge in [-0.1, -0.05) is 38.1 Å². The summed E-state index contributed by atoms with van der Waals surface area (Å²) < 4.78 is 13.4. The molecule has 4 nitrogen and oxygen atoms in total. The van der Waals surface area contributed by atoms with Crippen molar-refractivity contribution in [1.82, 2.24) is 4.90 Å². The first-order chi connectivity index (χ1) is 12.4. The highest BCUT2D eigenvalue weighted by molar-refractivity contribution is 6.39. The molecule has 136 valence electrons. The van der Waals surface area contributed by atoms with E-state index in [1.807, 2.05) is 24.3 Å². The molecule has 1 saturated heterocycles. The van der Waals surface area contributed by atoms with E-state index in [-0.39, 0.29) is 11.7 Å². The van der Waals surface area contributed by atoms with E-state index in [1.165, 1.54) is 17.0 Å². The van der Waals surface area contributed by atoms with Crippen LogP contribution in [0.5, 0.6) is 0 Å². The molecule has 1 aliphatic heterocycles. The zero-order valence-corrected chi connectivity index (χ0v) is 15.0. The molecule has 1 atom stereocenters. The van der Waals surface area contributed by atoms with E-state index in [0.29, 0.717) is 24.7 Å². The highest BCUT2D eigenvalue weighted by Gasteiger charge is 2.31. The Kier molecular flexibility index (Phi) is 5.35. The number of rotatable bonds is 3. The van der Waals surface area contributed by atoms with Gasteiger partial charge in [0, 0.05) is 24.7 Å². The van der Waals surface area contributed by atoms with Gasteiger partial charge in [-0.3, -0.25) is 9.59 Å². The van der Waals surface area contributed by atoms with Gasteiger partial charge >= 0.3 is 11.8 Å². The number of nitrogens with zero attached hydrogens (tertiary/aromatic N) is 1. The Hall–Kier alpha value is -2.69. The first-order valence-corrected chi connectivity index (χ1v) is 8.89. The van der Waals surface area contributed by atoms with Crippen molar-refractivity contribution in [3.05, 3.63) is 65.5 Å². The zero-order chi connectivity index (χ0) is 18.7. The fourth-order valence-corrected chi connectivity index (χ4v) is 3.28. The lowest BCUT2D eigenvalue weighted by Gasteiger charge is -2.17. The number of hydrogen-bond donors (Lipinski definition) is 1. The topological polar surface area (TPSA) is 49.4 Å². The third-order valence-corrected chi connectivity index (χ3v) is 4.80. The van der Waals surface area contributed by atoms with E-state index >= 15 is 0 Å². The minimum Gasteiger partial charge on any atom is -0.334 e. The second-order valence-electron chi connectivity index (χ2n) is 7.03. The van der Waals surface area contributed by atoms with Gasteiger partial charge in [0.05, 0.1) is 0 Å². The van der Waals surface area contributed by atoms with Crippen molar-refractivity contribution < 1.29 is 14.0 Å². The van der Waals surface area contributed by atoms with Crippen LogP contribution in [0.1, 0.15) is 43.2 Å². The van der Waals surface area contributed by atoms with Crippen molar-refractivity contribution in [2.24, 2.45) is 0 Å². The van der Waals surface area contributed by atoms with E-state index in [9.17, 15) is 14.0 Å². The largest absolute Gasteiger partial charge is 0.334 e. The van der Waals surface area contributed by atoms with Crippen molar-refractivity contribution in [3.8, 4) is 0 Å². The summed E-state index contributed by atoms with van der Waals surface area (Å²) in [5.74, 6) is -1.06. The molecule has 1 fully saturated rings. The van der Waals surface area contributed by atoms with Gasteiger partial charge in [0.2, 0.25) is 0 Å². The third kappa shape index (κ3) is 4.10. The quantitative estimate of drug-likeness (QED) is 0.850. The lowest BCUT2D eigenvalue weighted by molar-refractivity contribution is -0.142. The molecule has 3 rings (SSSR count). The molecule has 5 heteroatoms. The minimum absolute atomic E-state index is 0.0618. The molecule has 2 aromatic carbocycles. The Labute approximate surface area is 153 Å². The predicted octanol–water partition coefficient (Wildman–Crippen LogP) is 3.90. The molecule has 0 spiro atoms. The number of amides is 2. The fourth-order valence-electron chi connectivity index (χ4n) is 3.28. The summed E-state index contributed by atoms with van der Waals surface area (Å²) in [6.45, 7) is 5.08. The Morgan fingerprint density at radius 2 is 1.92 bits per heavy atom. The standard InChI is InChI=1S/C21H23FN2O2/c1-14(2)15-5-4-8-19(12-15)23-20(25)21(26)24-10-9-17(13-24)16-6-3-7-18(22)11-16/h3-8,11-12,14,17H,9-10,13H2,1-2H3,(H,23,25). The highest BCUT2D eigenvalue weighted by Crippen LogP contribution is 2.27. The second-order valence-corrected chi connectivity index (χ2v) is 7.03. The van der Waals surface area contributed by atoms with Crippen molar-refractivity contribution in [1.29, 1.82) is 0 Å². The van der Waals surface area contributed by atoms with Gasteiger partial charge in [-0.05, 0) is 47.7 Å². The highest BCUT2D eigenvalue weighted by atomic mass is 19.1. The van der Waals surface area contributed by atoms with Crippen LogP contribution in [0.25, 0.3) is 0 Å². The SMILES string of the molecule is CC(C)c1cccc(NC(=O)C(=O)N2CCC(c3cccc(F)c3)C2)c1. The summed E-state index contributed by atoms with van der Waals surface area (Å²) in [4.78, 5) is 26.3. The van der Waals surface area contributed by atoms with Gasteiger partial charge in [0.25, 0.3) is 0 Å². The lowest BCUT2D eigenvalue weighted by Crippen LogP contribution is -2.38. The second kappa shape index (κ2) is 7.68. The molecule has 2 aromatic rings. The van der Waals surface area contributed by atoms with Crippen molar-refractivity contribution in [3.63, 3.8) is 0 Å². The van der Waals surface area contributed by atoms with Gasteiger partial charge < -0.3 is 10.2 Å². The molecule has 1 N–H and O–H groups in total. The molecule has 0 radical (unpaired) electrons. The third-order valence-electron chi connectivity index (χ3n) is 4.80. The van der Waals surface area contributed by atoms with Gasteiger partial charge in [-0.25, -0.2) is 4.39 Å². The number of benzene rings is 2. The Balaban J connectivity index is 1.62. The summed E-state index contributed by atoms with van der Waals surface area (Å²) in [5, 5.41) is 2.69. The molecule has 26 heavy (non-hydrogen) atoms. The summed E-state index contributed by atoms with van der Waals surface area (Å²) in [6, 6.07) is 13.9. The fraction of sp³-hybridized carbons (Fsp3) is 0.333. The molecule has 1 unspecified atom stereocenters. The van der Waals surface area contributed by atoms with Gasteiger partial charge in [-0.15, -0.1) is 0 Å². The van der Waals surface area contributed by atoms with Crippen LogP contribution in [0.3, 0.4) is 0 Å². The molecule has 1 aliphatic rings. The number of hydrogen-bond acceptors (Lipinski definition) is 2. The molecular weight excluding hydrogens is 331 g/mol. The van der Waals surface area contributed by atoms with Crippen LogP contribution in [0, 0.1) is 5.82 Å². The zero-order valence-electron chi connectivity index (χ0n) is 15.0. The molecule has 1 heterocycles. The molecule has 0 aromatic heterocycles. The summed E-state index contributed by atoms with van der Waals surface area (Å²) in [7, 11) is 0. The number of carbonyl (C=O) groups excluding carboxylic acids is 2. The van der Waals surface area contributed by atoms with Gasteiger partial charge in [0.1, 0.15) is 5.82 Å². The van der Waals surface area contributed by atoms with Crippen LogP contribution >= 0.6 is 0 Å². The van der Waals surface area contributed by atoms with Gasteiger partial charge in [0.15, 0.2) is 0 Å². The average molecular weight is 354 g/mol. The van der Waals surface area contributed by atoms with E-state index in [2.05, 4.69) is 19.2 Å². The molecule has 0 saturated carbocycles. The first-order valence-electron chi connectivity index (χ1n) is 8.89. The number of halogens is 1. The van der Waals surface area contributed by atoms with Gasteiger partial charge in [-0.2, -0.15) is 0 Å². The average Bonchev–Trinajstić information content (AvgIpc) is 3.11. The van der Waals surface area contributed by atoms with E-state index in [0.717, 1.165) is 17.5 Å². The summed E-state index contributed by atoms with van der Waals surface area (Å²) >= 11 is 0. The van der Waals surface area contributed by atoms with E-state index < -0.39 is 11.8 Å². The van der Waals surface area contributed by atoms with Crippen molar-refractivity contribution in [2.75, 3.05) is 18.4 Å². The van der Waals surface area contributed by atoms with Crippen LogP contribution in [-0.4, -0.2) is 29.8 Å². The number of carbonyl (C=O) groups is 2. The van der Waals surface area contributed by atoms with E-state index in [4.69, 9.17) is 0 Å². The number of nitrogens with one attached hydrogen (secondary N) is 1. The summed E-state index contributed by atoms with van der Waals surface area (Å²) in [5.41, 5.74) is 2.59. The molecule has 0 bridgehead atoms. The first kappa shape index (κ1) is 18.1. The predicted molar refractivity (Wildman–Crippen MR) is 99.5 cm³/mol. The Morgan fingerprint density at radius 3 is 2.65 bits per heavy atom. The normalized spacial score (nSPS) is 16.8. The maximum Gasteiger partial charge on any atom is 0.313 e. The number of anilines is 1.